The van der Waals surface area contributed by atoms with Gasteiger partial charge in [-0.3, -0.25) is 4.79 Å². The maximum Gasteiger partial charge on any atom is 0.244 e. The van der Waals surface area contributed by atoms with Crippen molar-refractivity contribution in [2.45, 2.75) is 38.0 Å². The van der Waals surface area contributed by atoms with Crippen molar-refractivity contribution in [3.63, 3.8) is 0 Å². The number of para-hydroxylation sites is 1. The number of hydrogen-bond acceptors (Lipinski definition) is 3. The minimum atomic E-state index is 0.0990. The Labute approximate surface area is 156 Å². The monoisotopic (exact) mass is 358 g/mol. The van der Waals surface area contributed by atoms with Crippen molar-refractivity contribution < 1.29 is 9.53 Å². The Morgan fingerprint density at radius 3 is 2.62 bits per heavy atom. The summed E-state index contributed by atoms with van der Waals surface area (Å²) in [4.78, 5) is 18.6. The number of carbonyl (C=O) groups is 1. The molecule has 1 heterocycles. The minimum absolute atomic E-state index is 0.0990. The molecule has 26 heavy (non-hydrogen) atoms. The van der Waals surface area contributed by atoms with Crippen molar-refractivity contribution >= 4 is 11.9 Å². The first kappa shape index (κ1) is 18.5. The average molecular weight is 358 g/mol. The van der Waals surface area contributed by atoms with E-state index in [1.165, 1.54) is 5.56 Å². The van der Waals surface area contributed by atoms with E-state index in [1.54, 1.807) is 7.11 Å². The Balaban J connectivity index is 1.61. The van der Waals surface area contributed by atoms with Crippen LogP contribution in [0.15, 0.2) is 29.3 Å². The van der Waals surface area contributed by atoms with Gasteiger partial charge in [0, 0.05) is 37.2 Å². The van der Waals surface area contributed by atoms with Crippen molar-refractivity contribution in [2.75, 3.05) is 39.8 Å². The summed E-state index contributed by atoms with van der Waals surface area (Å²) in [5.41, 5.74) is 1.35. The number of rotatable bonds is 7. The number of nitrogens with one attached hydrogen (secondary N) is 2. The fourth-order valence-corrected chi connectivity index (χ4v) is 3.58. The summed E-state index contributed by atoms with van der Waals surface area (Å²) in [7, 11) is 1.72. The van der Waals surface area contributed by atoms with E-state index < -0.39 is 0 Å². The van der Waals surface area contributed by atoms with E-state index in [0.717, 1.165) is 57.6 Å². The van der Waals surface area contributed by atoms with Crippen LogP contribution in [0.2, 0.25) is 0 Å². The van der Waals surface area contributed by atoms with E-state index in [9.17, 15) is 4.79 Å². The van der Waals surface area contributed by atoms with Crippen molar-refractivity contribution in [1.29, 1.82) is 0 Å². The SMILES string of the molecule is CCNC(=NCC(=O)N1CCCC1)NCC1(c2ccccc2OC)CC1. The summed E-state index contributed by atoms with van der Waals surface area (Å²) in [5.74, 6) is 1.77. The Hall–Kier alpha value is -2.24. The fraction of sp³-hybridized carbons (Fsp3) is 0.600. The number of nitrogens with zero attached hydrogens (tertiary/aromatic N) is 2. The van der Waals surface area contributed by atoms with Crippen molar-refractivity contribution in [3.05, 3.63) is 29.8 Å². The van der Waals surface area contributed by atoms with Gasteiger partial charge in [0.25, 0.3) is 0 Å². The lowest BCUT2D eigenvalue weighted by molar-refractivity contribution is -0.128. The maximum absolute atomic E-state index is 12.2. The number of guanidine groups is 1. The third-order valence-corrected chi connectivity index (χ3v) is 5.30. The molecule has 1 aliphatic heterocycles. The Kier molecular flexibility index (Phi) is 6.01. The van der Waals surface area contributed by atoms with E-state index in [-0.39, 0.29) is 17.9 Å². The fourth-order valence-electron chi connectivity index (χ4n) is 3.58. The third kappa shape index (κ3) is 4.29. The van der Waals surface area contributed by atoms with Crippen LogP contribution in [-0.2, 0) is 10.2 Å². The van der Waals surface area contributed by atoms with Gasteiger partial charge in [0.05, 0.1) is 7.11 Å². The van der Waals surface area contributed by atoms with E-state index in [2.05, 4.69) is 27.8 Å². The van der Waals surface area contributed by atoms with Gasteiger partial charge in [-0.1, -0.05) is 18.2 Å². The summed E-state index contributed by atoms with van der Waals surface area (Å²) in [5, 5.41) is 6.68. The van der Waals surface area contributed by atoms with Crippen LogP contribution in [0.4, 0.5) is 0 Å². The van der Waals surface area contributed by atoms with Crippen molar-refractivity contribution in [3.8, 4) is 5.75 Å². The Bertz CT molecular complexity index is 649. The second-order valence-electron chi connectivity index (χ2n) is 7.12. The topological polar surface area (TPSA) is 66.0 Å². The molecule has 1 amide bonds. The van der Waals surface area contributed by atoms with Gasteiger partial charge in [-0.15, -0.1) is 0 Å². The Morgan fingerprint density at radius 2 is 1.96 bits per heavy atom. The average Bonchev–Trinajstić information content (AvgIpc) is 3.25. The molecule has 1 saturated heterocycles. The van der Waals surface area contributed by atoms with Crippen LogP contribution in [0.25, 0.3) is 0 Å². The molecule has 1 aliphatic carbocycles. The van der Waals surface area contributed by atoms with Crippen LogP contribution >= 0.6 is 0 Å². The highest BCUT2D eigenvalue weighted by Crippen LogP contribution is 2.50. The standard InChI is InChI=1S/C20H30N4O2/c1-3-21-19(22-14-18(25)24-12-6-7-13-24)23-15-20(10-11-20)16-8-4-5-9-17(16)26-2/h4-5,8-9H,3,6-7,10-15H2,1-2H3,(H2,21,22,23). The zero-order valence-electron chi connectivity index (χ0n) is 15.9. The van der Waals surface area contributed by atoms with E-state index in [1.807, 2.05) is 24.0 Å². The van der Waals surface area contributed by atoms with Gasteiger partial charge < -0.3 is 20.3 Å². The molecule has 6 heteroatoms. The second-order valence-corrected chi connectivity index (χ2v) is 7.12. The predicted molar refractivity (Wildman–Crippen MR) is 104 cm³/mol. The van der Waals surface area contributed by atoms with E-state index >= 15 is 0 Å². The first-order valence-electron chi connectivity index (χ1n) is 9.62. The minimum Gasteiger partial charge on any atom is -0.496 e. The number of benzene rings is 1. The van der Waals surface area contributed by atoms with Gasteiger partial charge in [0.1, 0.15) is 12.3 Å². The molecule has 3 rings (SSSR count). The van der Waals surface area contributed by atoms with Crippen LogP contribution < -0.4 is 15.4 Å². The molecule has 1 saturated carbocycles. The normalized spacial score (nSPS) is 18.5. The van der Waals surface area contributed by atoms with Gasteiger partial charge in [0.2, 0.25) is 5.91 Å². The van der Waals surface area contributed by atoms with Crippen molar-refractivity contribution in [1.82, 2.24) is 15.5 Å². The predicted octanol–water partition coefficient (Wildman–Crippen LogP) is 1.90. The highest BCUT2D eigenvalue weighted by atomic mass is 16.5. The van der Waals surface area contributed by atoms with E-state index in [0.29, 0.717) is 5.96 Å². The first-order chi connectivity index (χ1) is 12.7. The molecule has 1 aromatic rings. The van der Waals surface area contributed by atoms with Gasteiger partial charge in [-0.25, -0.2) is 4.99 Å². The van der Waals surface area contributed by atoms with Crippen LogP contribution in [0.1, 0.15) is 38.2 Å². The quantitative estimate of drug-likeness (QED) is 0.577. The number of hydrogen-bond donors (Lipinski definition) is 2. The molecule has 0 atom stereocenters. The molecule has 0 radical (unpaired) electrons. The summed E-state index contributed by atoms with van der Waals surface area (Å²) in [6, 6.07) is 8.23. The molecule has 0 bridgehead atoms. The number of amides is 1. The molecule has 1 aromatic carbocycles. The zero-order chi connectivity index (χ0) is 18.4. The number of ether oxygens (including phenoxy) is 1. The molecule has 0 unspecified atom stereocenters. The van der Waals surface area contributed by atoms with Crippen LogP contribution in [0.3, 0.4) is 0 Å². The Morgan fingerprint density at radius 1 is 1.23 bits per heavy atom. The van der Waals surface area contributed by atoms with Gasteiger partial charge in [-0.2, -0.15) is 0 Å². The smallest absolute Gasteiger partial charge is 0.244 e. The molecule has 6 nitrogen and oxygen atoms in total. The lowest BCUT2D eigenvalue weighted by Crippen LogP contribution is -2.42. The second kappa shape index (κ2) is 8.43. The maximum atomic E-state index is 12.2. The van der Waals surface area contributed by atoms with Gasteiger partial charge in [-0.05, 0) is 38.7 Å². The van der Waals surface area contributed by atoms with Crippen LogP contribution in [0, 0.1) is 0 Å². The van der Waals surface area contributed by atoms with Crippen molar-refractivity contribution in [2.24, 2.45) is 4.99 Å². The summed E-state index contributed by atoms with van der Waals surface area (Å²) in [6.45, 7) is 5.54. The molecule has 2 fully saturated rings. The molecule has 2 N–H and O–H groups in total. The molecule has 142 valence electrons. The van der Waals surface area contributed by atoms with Gasteiger partial charge in [0.15, 0.2) is 5.96 Å². The molecule has 0 spiro atoms. The zero-order valence-corrected chi connectivity index (χ0v) is 15.9. The van der Waals surface area contributed by atoms with Crippen LogP contribution in [-0.4, -0.2) is 56.6 Å². The summed E-state index contributed by atoms with van der Waals surface area (Å²) >= 11 is 0. The van der Waals surface area contributed by atoms with E-state index in [4.69, 9.17) is 4.74 Å². The van der Waals surface area contributed by atoms with Gasteiger partial charge >= 0.3 is 0 Å². The summed E-state index contributed by atoms with van der Waals surface area (Å²) in [6.07, 6.45) is 4.48. The lowest BCUT2D eigenvalue weighted by atomic mass is 9.95. The molecule has 0 aromatic heterocycles. The number of methoxy groups -OCH3 is 1. The number of aliphatic imine (C=N–C) groups is 1. The molecular weight excluding hydrogens is 328 g/mol. The highest BCUT2D eigenvalue weighted by Gasteiger charge is 2.46. The lowest BCUT2D eigenvalue weighted by Gasteiger charge is -2.21. The highest BCUT2D eigenvalue weighted by molar-refractivity contribution is 5.85. The third-order valence-electron chi connectivity index (χ3n) is 5.30. The first-order valence-corrected chi connectivity index (χ1v) is 9.62. The number of carbonyl (C=O) groups excluding carboxylic acids is 1. The summed E-state index contributed by atoms with van der Waals surface area (Å²) < 4.78 is 5.54. The van der Waals surface area contributed by atoms with Crippen LogP contribution in [0.5, 0.6) is 5.75 Å². The number of likely N-dealkylation sites (tertiary alicyclic amines) is 1. The molecule has 2 aliphatic rings. The molecular formula is C20H30N4O2. The largest absolute Gasteiger partial charge is 0.496 e.